The number of carbonyl (C=O) groups excluding carboxylic acids is 1. The highest BCUT2D eigenvalue weighted by Gasteiger charge is 2.21. The molecule has 3 aromatic rings. The maximum absolute atomic E-state index is 12.7. The van der Waals surface area contributed by atoms with E-state index in [0.717, 1.165) is 4.31 Å². The summed E-state index contributed by atoms with van der Waals surface area (Å²) < 4.78 is 31.7. The maximum atomic E-state index is 12.7. The van der Waals surface area contributed by atoms with Crippen LogP contribution >= 0.6 is 11.6 Å². The van der Waals surface area contributed by atoms with Gasteiger partial charge in [-0.2, -0.15) is 0 Å². The van der Waals surface area contributed by atoms with Crippen LogP contribution in [0, 0.1) is 0 Å². The van der Waals surface area contributed by atoms with Gasteiger partial charge in [-0.1, -0.05) is 11.6 Å². The van der Waals surface area contributed by atoms with Crippen LogP contribution in [-0.2, 0) is 10.0 Å². The van der Waals surface area contributed by atoms with Crippen LogP contribution in [0.2, 0.25) is 5.02 Å². The second kappa shape index (κ2) is 7.73. The summed E-state index contributed by atoms with van der Waals surface area (Å²) in [6.45, 7) is 0. The van der Waals surface area contributed by atoms with Gasteiger partial charge in [0.2, 0.25) is 0 Å². The molecule has 0 spiro atoms. The zero-order valence-corrected chi connectivity index (χ0v) is 15.7. The fourth-order valence-corrected chi connectivity index (χ4v) is 3.51. The molecule has 1 heterocycles. The van der Waals surface area contributed by atoms with Crippen LogP contribution in [0.3, 0.4) is 0 Å². The number of benzene rings is 2. The third kappa shape index (κ3) is 4.24. The van der Waals surface area contributed by atoms with Crippen molar-refractivity contribution in [1.82, 2.24) is 9.97 Å². The molecule has 0 aliphatic carbocycles. The van der Waals surface area contributed by atoms with Gasteiger partial charge in [-0.25, -0.2) is 18.2 Å². The first-order chi connectivity index (χ1) is 12.9. The Morgan fingerprint density at radius 1 is 1.04 bits per heavy atom. The van der Waals surface area contributed by atoms with Crippen molar-refractivity contribution in [2.75, 3.05) is 11.4 Å². The minimum absolute atomic E-state index is 0.0732. The third-order valence-corrected chi connectivity index (χ3v) is 5.71. The zero-order chi connectivity index (χ0) is 19.4. The lowest BCUT2D eigenvalue weighted by atomic mass is 10.3. The van der Waals surface area contributed by atoms with E-state index in [1.165, 1.54) is 74.2 Å². The largest absolute Gasteiger partial charge is 0.422 e. The smallest absolute Gasteiger partial charge is 0.363 e. The molecule has 0 radical (unpaired) electrons. The number of esters is 1. The number of rotatable bonds is 5. The number of carbonyl (C=O) groups is 1. The van der Waals surface area contributed by atoms with Crippen LogP contribution in [0.1, 0.15) is 10.5 Å². The zero-order valence-electron chi connectivity index (χ0n) is 14.1. The van der Waals surface area contributed by atoms with Gasteiger partial charge in [-0.3, -0.25) is 9.29 Å². The quantitative estimate of drug-likeness (QED) is 0.480. The Morgan fingerprint density at radius 2 is 1.70 bits per heavy atom. The highest BCUT2D eigenvalue weighted by atomic mass is 35.5. The average molecular weight is 404 g/mol. The molecule has 0 N–H and O–H groups in total. The topological polar surface area (TPSA) is 89.5 Å². The summed E-state index contributed by atoms with van der Waals surface area (Å²) in [5.41, 5.74) is 0.480. The number of halogens is 1. The van der Waals surface area contributed by atoms with Crippen molar-refractivity contribution in [1.29, 1.82) is 0 Å². The van der Waals surface area contributed by atoms with Gasteiger partial charge in [0.05, 0.1) is 16.8 Å². The number of hydrogen-bond acceptors (Lipinski definition) is 6. The minimum atomic E-state index is -3.74. The van der Waals surface area contributed by atoms with E-state index in [2.05, 4.69) is 9.97 Å². The van der Waals surface area contributed by atoms with Gasteiger partial charge in [0.15, 0.2) is 5.69 Å². The first kappa shape index (κ1) is 18.8. The van der Waals surface area contributed by atoms with Crippen molar-refractivity contribution in [2.45, 2.75) is 4.90 Å². The van der Waals surface area contributed by atoms with E-state index in [1.54, 1.807) is 0 Å². The fourth-order valence-electron chi connectivity index (χ4n) is 2.19. The summed E-state index contributed by atoms with van der Waals surface area (Å²) in [5.74, 6) is -0.398. The maximum Gasteiger partial charge on any atom is 0.363 e. The number of hydrogen-bond donors (Lipinski definition) is 0. The summed E-state index contributed by atoms with van der Waals surface area (Å²) in [6.07, 6.45) is 4.13. The minimum Gasteiger partial charge on any atom is -0.422 e. The van der Waals surface area contributed by atoms with E-state index in [-0.39, 0.29) is 16.3 Å². The second-order valence-corrected chi connectivity index (χ2v) is 7.81. The summed E-state index contributed by atoms with van der Waals surface area (Å²) in [4.78, 5) is 19.7. The molecule has 0 aliphatic rings. The van der Waals surface area contributed by atoms with Gasteiger partial charge in [-0.15, -0.1) is 0 Å². The Hall–Kier alpha value is -2.97. The Kier molecular flexibility index (Phi) is 5.38. The molecule has 27 heavy (non-hydrogen) atoms. The van der Waals surface area contributed by atoms with Gasteiger partial charge < -0.3 is 4.74 Å². The van der Waals surface area contributed by atoms with Gasteiger partial charge in [0, 0.05) is 24.5 Å². The van der Waals surface area contributed by atoms with Gasteiger partial charge in [0.25, 0.3) is 10.0 Å². The lowest BCUT2D eigenvalue weighted by molar-refractivity contribution is 0.0728. The SMILES string of the molecule is CN(c1ccc(OC(=O)c2cnccn2)cc1)S(=O)(=O)c1ccc(Cl)cc1. The van der Waals surface area contributed by atoms with Crippen LogP contribution in [0.4, 0.5) is 5.69 Å². The molecule has 0 unspecified atom stereocenters. The van der Waals surface area contributed by atoms with Crippen molar-refractivity contribution >= 4 is 33.3 Å². The molecular weight excluding hydrogens is 390 g/mol. The molecule has 9 heteroatoms. The second-order valence-electron chi connectivity index (χ2n) is 5.40. The first-order valence-corrected chi connectivity index (χ1v) is 9.52. The van der Waals surface area contributed by atoms with Gasteiger partial charge in [0.1, 0.15) is 5.75 Å². The van der Waals surface area contributed by atoms with Crippen LogP contribution in [0.25, 0.3) is 0 Å². The Labute approximate surface area is 161 Å². The molecule has 0 saturated carbocycles. The molecule has 0 fully saturated rings. The Bertz CT molecular complexity index is 1040. The van der Waals surface area contributed by atoms with Crippen molar-refractivity contribution in [3.8, 4) is 5.75 Å². The van der Waals surface area contributed by atoms with E-state index in [4.69, 9.17) is 16.3 Å². The van der Waals surface area contributed by atoms with E-state index in [9.17, 15) is 13.2 Å². The van der Waals surface area contributed by atoms with Crippen molar-refractivity contribution in [3.05, 3.63) is 77.8 Å². The van der Waals surface area contributed by atoms with Crippen molar-refractivity contribution in [2.24, 2.45) is 0 Å². The summed E-state index contributed by atoms with van der Waals surface area (Å²) >= 11 is 5.80. The lowest BCUT2D eigenvalue weighted by Gasteiger charge is -2.19. The molecule has 0 amide bonds. The predicted octanol–water partition coefficient (Wildman–Crippen LogP) is 3.17. The van der Waals surface area contributed by atoms with E-state index < -0.39 is 16.0 Å². The van der Waals surface area contributed by atoms with E-state index in [0.29, 0.717) is 10.7 Å². The summed E-state index contributed by atoms with van der Waals surface area (Å²) in [7, 11) is -2.30. The Balaban J connectivity index is 1.76. The fraction of sp³-hybridized carbons (Fsp3) is 0.0556. The molecule has 0 saturated heterocycles. The van der Waals surface area contributed by atoms with E-state index >= 15 is 0 Å². The number of ether oxygens (including phenoxy) is 1. The molecule has 1 aromatic heterocycles. The standard InChI is InChI=1S/C18H14ClN3O4S/c1-22(27(24,25)16-8-2-13(19)3-9-16)14-4-6-15(7-5-14)26-18(23)17-12-20-10-11-21-17/h2-12H,1H3. The highest BCUT2D eigenvalue weighted by Crippen LogP contribution is 2.25. The molecule has 138 valence electrons. The van der Waals surface area contributed by atoms with Crippen molar-refractivity contribution < 1.29 is 17.9 Å². The Morgan fingerprint density at radius 3 is 2.30 bits per heavy atom. The normalized spacial score (nSPS) is 11.0. The number of nitrogens with zero attached hydrogens (tertiary/aromatic N) is 3. The van der Waals surface area contributed by atoms with Gasteiger partial charge >= 0.3 is 5.97 Å². The predicted molar refractivity (Wildman–Crippen MR) is 100 cm³/mol. The molecule has 0 bridgehead atoms. The molecule has 0 aliphatic heterocycles. The van der Waals surface area contributed by atoms with Crippen molar-refractivity contribution in [3.63, 3.8) is 0 Å². The highest BCUT2D eigenvalue weighted by molar-refractivity contribution is 7.92. The summed E-state index contributed by atoms with van der Waals surface area (Å²) in [6, 6.07) is 12.0. The number of anilines is 1. The molecule has 3 rings (SSSR count). The molecule has 7 nitrogen and oxygen atoms in total. The first-order valence-electron chi connectivity index (χ1n) is 7.71. The monoisotopic (exact) mass is 403 g/mol. The van der Waals surface area contributed by atoms with Crippen LogP contribution in [0.15, 0.2) is 72.0 Å². The lowest BCUT2D eigenvalue weighted by Crippen LogP contribution is -2.26. The average Bonchev–Trinajstić information content (AvgIpc) is 2.69. The number of aromatic nitrogens is 2. The van der Waals surface area contributed by atoms with Crippen LogP contribution in [-0.4, -0.2) is 31.4 Å². The van der Waals surface area contributed by atoms with Crippen LogP contribution in [0.5, 0.6) is 5.75 Å². The molecular formula is C18H14ClN3O4S. The van der Waals surface area contributed by atoms with Crippen LogP contribution < -0.4 is 9.04 Å². The summed E-state index contributed by atoms with van der Waals surface area (Å²) in [5, 5.41) is 0.450. The van der Waals surface area contributed by atoms with Gasteiger partial charge in [-0.05, 0) is 48.5 Å². The third-order valence-electron chi connectivity index (χ3n) is 3.66. The molecule has 2 aromatic carbocycles. The number of sulfonamides is 1. The molecule has 0 atom stereocenters. The van der Waals surface area contributed by atoms with E-state index in [1.807, 2.05) is 0 Å².